The lowest BCUT2D eigenvalue weighted by Gasteiger charge is -2.26. The van der Waals surface area contributed by atoms with E-state index in [0.29, 0.717) is 36.3 Å². The zero-order valence-electron chi connectivity index (χ0n) is 12.8. The predicted octanol–water partition coefficient (Wildman–Crippen LogP) is 2.58. The molecule has 0 bridgehead atoms. The van der Waals surface area contributed by atoms with Gasteiger partial charge in [-0.15, -0.1) is 0 Å². The van der Waals surface area contributed by atoms with Crippen LogP contribution >= 0.6 is 11.6 Å². The van der Waals surface area contributed by atoms with Gasteiger partial charge < -0.3 is 20.1 Å². The Labute approximate surface area is 136 Å². The number of nitrogens with zero attached hydrogens (tertiary/aromatic N) is 1. The van der Waals surface area contributed by atoms with Crippen LogP contribution in [0.1, 0.15) is 24.8 Å². The molecular formula is C16H22ClN3O2. The van der Waals surface area contributed by atoms with Crippen LogP contribution < -0.4 is 20.1 Å². The molecule has 0 atom stereocenters. The molecule has 0 radical (unpaired) electrons. The number of nitrogens with one attached hydrogen (secondary N) is 2. The molecule has 1 aliphatic carbocycles. The minimum Gasteiger partial charge on any atom is -0.486 e. The van der Waals surface area contributed by atoms with Crippen molar-refractivity contribution in [3.05, 3.63) is 22.7 Å². The van der Waals surface area contributed by atoms with Gasteiger partial charge in [0.2, 0.25) is 0 Å². The average molecular weight is 324 g/mol. The van der Waals surface area contributed by atoms with Crippen molar-refractivity contribution in [1.82, 2.24) is 10.6 Å². The molecule has 3 rings (SSSR count). The first kappa shape index (κ1) is 15.3. The number of hydrogen-bond acceptors (Lipinski definition) is 3. The van der Waals surface area contributed by atoms with Gasteiger partial charge in [-0.2, -0.15) is 0 Å². The second-order valence-corrected chi connectivity index (χ2v) is 6.11. The van der Waals surface area contributed by atoms with E-state index in [1.54, 1.807) is 7.05 Å². The summed E-state index contributed by atoms with van der Waals surface area (Å²) in [7, 11) is 1.78. The molecule has 0 unspecified atom stereocenters. The maximum absolute atomic E-state index is 6.25. The molecule has 0 aromatic heterocycles. The van der Waals surface area contributed by atoms with Gasteiger partial charge in [0.1, 0.15) is 13.2 Å². The van der Waals surface area contributed by atoms with Gasteiger partial charge in [0.05, 0.1) is 5.02 Å². The van der Waals surface area contributed by atoms with Gasteiger partial charge in [-0.05, 0) is 36.5 Å². The quantitative estimate of drug-likeness (QED) is 0.660. The van der Waals surface area contributed by atoms with E-state index in [1.807, 2.05) is 12.1 Å². The van der Waals surface area contributed by atoms with Crippen LogP contribution in [0, 0.1) is 5.92 Å². The van der Waals surface area contributed by atoms with Crippen LogP contribution in [-0.2, 0) is 6.54 Å². The number of aliphatic imine (C=N–C) groups is 1. The Hall–Kier alpha value is -1.62. The maximum Gasteiger partial charge on any atom is 0.191 e. The summed E-state index contributed by atoms with van der Waals surface area (Å²) in [6.07, 6.45) is 4.00. The van der Waals surface area contributed by atoms with Crippen LogP contribution in [0.4, 0.5) is 0 Å². The number of guanidine groups is 1. The number of benzene rings is 1. The summed E-state index contributed by atoms with van der Waals surface area (Å²) in [6, 6.07) is 3.87. The van der Waals surface area contributed by atoms with Crippen molar-refractivity contribution in [1.29, 1.82) is 0 Å². The Bertz CT molecular complexity index is 559. The van der Waals surface area contributed by atoms with Crippen molar-refractivity contribution in [2.45, 2.75) is 25.8 Å². The molecule has 2 N–H and O–H groups in total. The van der Waals surface area contributed by atoms with Crippen LogP contribution in [0.15, 0.2) is 17.1 Å². The molecule has 1 aromatic carbocycles. The average Bonchev–Trinajstić information content (AvgIpc) is 2.49. The van der Waals surface area contributed by atoms with Crippen LogP contribution in [0.25, 0.3) is 0 Å². The molecule has 0 amide bonds. The first-order valence-corrected chi connectivity index (χ1v) is 8.16. The molecule has 6 heteroatoms. The SMILES string of the molecule is CN=C(NCc1cc(Cl)c2c(c1)OCCO2)NCC1CCC1. The number of rotatable bonds is 4. The third-order valence-electron chi connectivity index (χ3n) is 4.12. The fourth-order valence-electron chi connectivity index (χ4n) is 2.61. The summed E-state index contributed by atoms with van der Waals surface area (Å²) >= 11 is 6.25. The highest BCUT2D eigenvalue weighted by Crippen LogP contribution is 2.38. The fraction of sp³-hybridized carbons (Fsp3) is 0.562. The zero-order chi connectivity index (χ0) is 15.4. The first-order chi connectivity index (χ1) is 10.8. The van der Waals surface area contributed by atoms with Gasteiger partial charge in [0.25, 0.3) is 0 Å². The van der Waals surface area contributed by atoms with Gasteiger partial charge in [0, 0.05) is 20.1 Å². The summed E-state index contributed by atoms with van der Waals surface area (Å²) in [4.78, 5) is 4.25. The molecule has 22 heavy (non-hydrogen) atoms. The molecule has 1 fully saturated rings. The lowest BCUT2D eigenvalue weighted by Crippen LogP contribution is -2.40. The van der Waals surface area contributed by atoms with Gasteiger partial charge in [-0.25, -0.2) is 0 Å². The number of hydrogen-bond donors (Lipinski definition) is 2. The molecule has 2 aliphatic rings. The fourth-order valence-corrected chi connectivity index (χ4v) is 2.90. The molecule has 5 nitrogen and oxygen atoms in total. The third kappa shape index (κ3) is 3.58. The van der Waals surface area contributed by atoms with Crippen LogP contribution in [0.2, 0.25) is 5.02 Å². The van der Waals surface area contributed by atoms with Crippen LogP contribution in [-0.4, -0.2) is 32.8 Å². The Morgan fingerprint density at radius 1 is 1.27 bits per heavy atom. The molecule has 0 saturated heterocycles. The molecule has 120 valence electrons. The van der Waals surface area contributed by atoms with E-state index < -0.39 is 0 Å². The monoisotopic (exact) mass is 323 g/mol. The van der Waals surface area contributed by atoms with Gasteiger partial charge in [-0.1, -0.05) is 18.0 Å². The van der Waals surface area contributed by atoms with E-state index in [-0.39, 0.29) is 0 Å². The Balaban J connectivity index is 1.56. The third-order valence-corrected chi connectivity index (χ3v) is 4.40. The molecule has 1 aliphatic heterocycles. The van der Waals surface area contributed by atoms with E-state index >= 15 is 0 Å². The minimum atomic E-state index is 0.544. The van der Waals surface area contributed by atoms with Crippen LogP contribution in [0.3, 0.4) is 0 Å². The smallest absolute Gasteiger partial charge is 0.191 e. The van der Waals surface area contributed by atoms with Crippen molar-refractivity contribution < 1.29 is 9.47 Å². The van der Waals surface area contributed by atoms with E-state index in [9.17, 15) is 0 Å². The van der Waals surface area contributed by atoms with Crippen molar-refractivity contribution in [2.24, 2.45) is 10.9 Å². The second-order valence-electron chi connectivity index (χ2n) is 5.71. The summed E-state index contributed by atoms with van der Waals surface area (Å²) in [6.45, 7) is 2.73. The Morgan fingerprint density at radius 2 is 2.09 bits per heavy atom. The summed E-state index contributed by atoms with van der Waals surface area (Å²) in [5.74, 6) is 2.97. The normalized spacial score (nSPS) is 17.8. The van der Waals surface area contributed by atoms with Gasteiger partial charge >= 0.3 is 0 Å². The van der Waals surface area contributed by atoms with E-state index in [4.69, 9.17) is 21.1 Å². The summed E-state index contributed by atoms with van der Waals surface area (Å²) < 4.78 is 11.1. The highest BCUT2D eigenvalue weighted by atomic mass is 35.5. The topological polar surface area (TPSA) is 54.9 Å². The van der Waals surface area contributed by atoms with Crippen molar-refractivity contribution in [2.75, 3.05) is 26.8 Å². The largest absolute Gasteiger partial charge is 0.486 e. The van der Waals surface area contributed by atoms with Gasteiger partial charge in [0.15, 0.2) is 17.5 Å². The molecule has 1 saturated carbocycles. The lowest BCUT2D eigenvalue weighted by molar-refractivity contribution is 0.171. The standard InChI is InChI=1S/C16H22ClN3O2/c1-18-16(19-9-11-3-2-4-11)20-10-12-7-13(17)15-14(8-12)21-5-6-22-15/h7-8,11H,2-6,9-10H2,1H3,(H2,18,19,20). The van der Waals surface area contributed by atoms with Crippen molar-refractivity contribution in [3.63, 3.8) is 0 Å². The van der Waals surface area contributed by atoms with E-state index in [2.05, 4.69) is 15.6 Å². The Morgan fingerprint density at radius 3 is 2.82 bits per heavy atom. The Kier molecular flexibility index (Phi) is 4.93. The molecule has 1 aromatic rings. The van der Waals surface area contributed by atoms with Crippen molar-refractivity contribution >= 4 is 17.6 Å². The first-order valence-electron chi connectivity index (χ1n) is 7.79. The zero-order valence-corrected chi connectivity index (χ0v) is 13.6. The summed E-state index contributed by atoms with van der Waals surface area (Å²) in [5, 5.41) is 7.26. The predicted molar refractivity (Wildman–Crippen MR) is 88.0 cm³/mol. The molecule has 0 spiro atoms. The lowest BCUT2D eigenvalue weighted by atomic mass is 9.85. The van der Waals surface area contributed by atoms with Crippen LogP contribution in [0.5, 0.6) is 11.5 Å². The number of halogens is 1. The van der Waals surface area contributed by atoms with Gasteiger partial charge in [-0.3, -0.25) is 4.99 Å². The van der Waals surface area contributed by atoms with E-state index in [0.717, 1.165) is 24.0 Å². The minimum absolute atomic E-state index is 0.544. The molecular weight excluding hydrogens is 302 g/mol. The highest BCUT2D eigenvalue weighted by molar-refractivity contribution is 6.32. The second kappa shape index (κ2) is 7.09. The van der Waals surface area contributed by atoms with E-state index in [1.165, 1.54) is 19.3 Å². The maximum atomic E-state index is 6.25. The number of fused-ring (bicyclic) bond motifs is 1. The summed E-state index contributed by atoms with van der Waals surface area (Å²) in [5.41, 5.74) is 1.04. The van der Waals surface area contributed by atoms with Crippen molar-refractivity contribution in [3.8, 4) is 11.5 Å². The molecule has 1 heterocycles. The highest BCUT2D eigenvalue weighted by Gasteiger charge is 2.18. The number of ether oxygens (including phenoxy) is 2.